The van der Waals surface area contributed by atoms with Crippen LogP contribution in [0.4, 0.5) is 0 Å². The van der Waals surface area contributed by atoms with E-state index in [9.17, 15) is 0 Å². The second-order valence-corrected chi connectivity index (χ2v) is 6.69. The normalized spacial score (nSPS) is 21.4. The molecule has 2 aromatic rings. The number of rotatable bonds is 7. The maximum absolute atomic E-state index is 5.78. The summed E-state index contributed by atoms with van der Waals surface area (Å²) >= 11 is 0. The lowest BCUT2D eigenvalue weighted by atomic mass is 10.1. The first-order valence-corrected chi connectivity index (χ1v) is 8.91. The van der Waals surface area contributed by atoms with Crippen LogP contribution in [0.15, 0.2) is 30.5 Å². The largest absolute Gasteiger partial charge is 0.497 e. The van der Waals surface area contributed by atoms with Crippen molar-refractivity contribution in [3.8, 4) is 17.0 Å². The molecule has 0 bridgehead atoms. The van der Waals surface area contributed by atoms with E-state index in [1.54, 1.807) is 7.11 Å². The molecule has 6 nitrogen and oxygen atoms in total. The van der Waals surface area contributed by atoms with Crippen LogP contribution in [0.25, 0.3) is 11.3 Å². The van der Waals surface area contributed by atoms with Crippen LogP contribution in [-0.4, -0.2) is 60.6 Å². The van der Waals surface area contributed by atoms with Gasteiger partial charge < -0.3 is 14.8 Å². The molecule has 0 saturated carbocycles. The van der Waals surface area contributed by atoms with Crippen LogP contribution in [0.2, 0.25) is 0 Å². The Bertz CT molecular complexity index is 646. The van der Waals surface area contributed by atoms with Gasteiger partial charge in [-0.2, -0.15) is 5.10 Å². The highest BCUT2D eigenvalue weighted by Gasteiger charge is 2.21. The third-order valence-electron chi connectivity index (χ3n) is 4.51. The van der Waals surface area contributed by atoms with Crippen molar-refractivity contribution in [2.24, 2.45) is 0 Å². The van der Waals surface area contributed by atoms with Crippen molar-refractivity contribution in [2.75, 3.05) is 33.3 Å². The van der Waals surface area contributed by atoms with E-state index in [4.69, 9.17) is 9.47 Å². The number of H-pyrrole nitrogens is 1. The van der Waals surface area contributed by atoms with Gasteiger partial charge in [0.1, 0.15) is 5.75 Å². The fraction of sp³-hybridized carbons (Fsp3) is 0.526. The monoisotopic (exact) mass is 344 g/mol. The quantitative estimate of drug-likeness (QED) is 0.755. The van der Waals surface area contributed by atoms with Crippen LogP contribution >= 0.6 is 0 Å². The van der Waals surface area contributed by atoms with E-state index in [0.29, 0.717) is 12.2 Å². The Morgan fingerprint density at radius 1 is 1.24 bits per heavy atom. The molecule has 0 aliphatic carbocycles. The molecule has 0 radical (unpaired) electrons. The molecule has 2 heterocycles. The van der Waals surface area contributed by atoms with Gasteiger partial charge in [0.25, 0.3) is 0 Å². The number of aromatic amines is 1. The summed E-state index contributed by atoms with van der Waals surface area (Å²) in [5.41, 5.74) is 3.35. The minimum absolute atomic E-state index is 0.319. The number of nitrogens with zero attached hydrogens (tertiary/aromatic N) is 2. The molecule has 136 valence electrons. The fourth-order valence-corrected chi connectivity index (χ4v) is 3.38. The summed E-state index contributed by atoms with van der Waals surface area (Å²) in [6.45, 7) is 9.09. The minimum Gasteiger partial charge on any atom is -0.497 e. The summed E-state index contributed by atoms with van der Waals surface area (Å²) in [4.78, 5) is 2.46. The van der Waals surface area contributed by atoms with Crippen molar-refractivity contribution in [1.82, 2.24) is 20.4 Å². The van der Waals surface area contributed by atoms with E-state index in [0.717, 1.165) is 49.7 Å². The zero-order chi connectivity index (χ0) is 17.6. The molecule has 2 atom stereocenters. The van der Waals surface area contributed by atoms with E-state index >= 15 is 0 Å². The molecule has 6 heteroatoms. The van der Waals surface area contributed by atoms with Crippen molar-refractivity contribution in [1.29, 1.82) is 0 Å². The molecule has 0 amide bonds. The summed E-state index contributed by atoms with van der Waals surface area (Å²) in [6, 6.07) is 8.03. The summed E-state index contributed by atoms with van der Waals surface area (Å²) < 4.78 is 11.0. The van der Waals surface area contributed by atoms with Crippen LogP contribution in [0.3, 0.4) is 0 Å². The third kappa shape index (κ3) is 4.81. The number of benzene rings is 1. The van der Waals surface area contributed by atoms with E-state index in [-0.39, 0.29) is 0 Å². The Hall–Kier alpha value is -1.89. The highest BCUT2D eigenvalue weighted by Crippen LogP contribution is 2.23. The first-order chi connectivity index (χ1) is 12.2. The third-order valence-corrected chi connectivity index (χ3v) is 4.51. The number of nitrogens with one attached hydrogen (secondary N) is 2. The van der Waals surface area contributed by atoms with Crippen LogP contribution in [0.1, 0.15) is 19.4 Å². The van der Waals surface area contributed by atoms with E-state index in [1.165, 1.54) is 5.56 Å². The smallest absolute Gasteiger partial charge is 0.118 e. The number of methoxy groups -OCH3 is 1. The molecule has 1 aliphatic rings. The molecule has 1 aliphatic heterocycles. The highest BCUT2D eigenvalue weighted by atomic mass is 16.5. The van der Waals surface area contributed by atoms with Crippen LogP contribution in [-0.2, 0) is 11.3 Å². The van der Waals surface area contributed by atoms with Gasteiger partial charge >= 0.3 is 0 Å². The van der Waals surface area contributed by atoms with Crippen LogP contribution < -0.4 is 10.1 Å². The van der Waals surface area contributed by atoms with E-state index in [1.807, 2.05) is 30.5 Å². The Morgan fingerprint density at radius 3 is 2.64 bits per heavy atom. The van der Waals surface area contributed by atoms with Crippen molar-refractivity contribution in [3.63, 3.8) is 0 Å². The van der Waals surface area contributed by atoms with Gasteiger partial charge in [-0.15, -0.1) is 0 Å². The topological polar surface area (TPSA) is 62.4 Å². The molecule has 3 rings (SSSR count). The predicted octanol–water partition coefficient (Wildman–Crippen LogP) is 2.28. The van der Waals surface area contributed by atoms with Crippen molar-refractivity contribution in [2.45, 2.75) is 32.6 Å². The summed E-state index contributed by atoms with van der Waals surface area (Å²) in [7, 11) is 1.68. The summed E-state index contributed by atoms with van der Waals surface area (Å²) in [5.74, 6) is 0.858. The average molecular weight is 344 g/mol. The number of aromatic nitrogens is 2. The first-order valence-electron chi connectivity index (χ1n) is 8.91. The number of hydrogen-bond donors (Lipinski definition) is 2. The van der Waals surface area contributed by atoms with Crippen LogP contribution in [0, 0.1) is 0 Å². The van der Waals surface area contributed by atoms with Gasteiger partial charge in [-0.05, 0) is 38.1 Å². The average Bonchev–Trinajstić information content (AvgIpc) is 3.06. The zero-order valence-electron chi connectivity index (χ0n) is 15.3. The standard InChI is InChI=1S/C19H28N4O2/c1-14-12-23(13-15(2)25-14)9-8-20-10-17-11-21-22-19(17)16-4-6-18(24-3)7-5-16/h4-7,11,14-15,20H,8-10,12-13H2,1-3H3,(H,21,22)/t14-,15+. The van der Waals surface area contributed by atoms with Gasteiger partial charge in [-0.1, -0.05) is 0 Å². The van der Waals surface area contributed by atoms with Crippen molar-refractivity contribution < 1.29 is 9.47 Å². The molecule has 1 fully saturated rings. The molecular weight excluding hydrogens is 316 g/mol. The van der Waals surface area contributed by atoms with Gasteiger partial charge in [-0.3, -0.25) is 10.00 Å². The maximum atomic E-state index is 5.78. The molecule has 1 aromatic heterocycles. The zero-order valence-corrected chi connectivity index (χ0v) is 15.3. The predicted molar refractivity (Wildman–Crippen MR) is 98.7 cm³/mol. The van der Waals surface area contributed by atoms with Gasteiger partial charge in [0.05, 0.1) is 31.2 Å². The Kier molecular flexibility index (Phi) is 6.07. The van der Waals surface area contributed by atoms with E-state index in [2.05, 4.69) is 34.3 Å². The second kappa shape index (κ2) is 8.47. The number of morpholine rings is 1. The van der Waals surface area contributed by atoms with Crippen LogP contribution in [0.5, 0.6) is 5.75 Å². The fourth-order valence-electron chi connectivity index (χ4n) is 3.38. The molecule has 1 saturated heterocycles. The van der Waals surface area contributed by atoms with Gasteiger partial charge in [-0.25, -0.2) is 0 Å². The Labute approximate surface area is 149 Å². The van der Waals surface area contributed by atoms with Gasteiger partial charge in [0, 0.05) is 43.9 Å². The number of hydrogen-bond acceptors (Lipinski definition) is 5. The SMILES string of the molecule is COc1ccc(-c2[nH]ncc2CNCCN2C[C@@H](C)O[C@@H](C)C2)cc1. The Morgan fingerprint density at radius 2 is 1.96 bits per heavy atom. The summed E-state index contributed by atoms with van der Waals surface area (Å²) in [5, 5.41) is 10.8. The second-order valence-electron chi connectivity index (χ2n) is 6.69. The molecule has 0 unspecified atom stereocenters. The lowest BCUT2D eigenvalue weighted by Gasteiger charge is -2.35. The lowest BCUT2D eigenvalue weighted by molar-refractivity contribution is -0.0674. The van der Waals surface area contributed by atoms with Crippen molar-refractivity contribution >= 4 is 0 Å². The van der Waals surface area contributed by atoms with Gasteiger partial charge in [0.15, 0.2) is 0 Å². The first kappa shape index (κ1) is 17.9. The summed E-state index contributed by atoms with van der Waals surface area (Å²) in [6.07, 6.45) is 2.53. The molecule has 0 spiro atoms. The number of ether oxygens (including phenoxy) is 2. The highest BCUT2D eigenvalue weighted by molar-refractivity contribution is 5.63. The maximum Gasteiger partial charge on any atom is 0.118 e. The molecule has 25 heavy (non-hydrogen) atoms. The van der Waals surface area contributed by atoms with Gasteiger partial charge in [0.2, 0.25) is 0 Å². The molecule has 2 N–H and O–H groups in total. The minimum atomic E-state index is 0.319. The molecular formula is C19H28N4O2. The Balaban J connectivity index is 1.50. The van der Waals surface area contributed by atoms with E-state index < -0.39 is 0 Å². The molecule has 1 aromatic carbocycles. The van der Waals surface area contributed by atoms with Crippen molar-refractivity contribution in [3.05, 3.63) is 36.0 Å². The lowest BCUT2D eigenvalue weighted by Crippen LogP contribution is -2.47.